The van der Waals surface area contributed by atoms with Gasteiger partial charge in [0.2, 0.25) is 0 Å². The summed E-state index contributed by atoms with van der Waals surface area (Å²) >= 11 is 5.87. The Balaban J connectivity index is 2.36. The molecule has 0 aliphatic heterocycles. The number of Topliss-reactive ketones (excluding diaryl/α,β-unsaturated/α-hetero) is 1. The molecule has 0 N–H and O–H groups in total. The van der Waals surface area contributed by atoms with Crippen LogP contribution in [-0.2, 0) is 0 Å². The monoisotopic (exact) mass is 270 g/mol. The average molecular weight is 271 g/mol. The summed E-state index contributed by atoms with van der Waals surface area (Å²) in [6, 6.07) is 16.8. The number of ketones is 1. The van der Waals surface area contributed by atoms with Crippen molar-refractivity contribution in [3.8, 4) is 0 Å². The van der Waals surface area contributed by atoms with Gasteiger partial charge in [0.05, 0.1) is 0 Å². The summed E-state index contributed by atoms with van der Waals surface area (Å²) in [7, 11) is 0. The fraction of sp³-hybridized carbons (Fsp3) is 0.118. The minimum Gasteiger partial charge on any atom is -0.289 e. The molecule has 2 heteroatoms. The van der Waals surface area contributed by atoms with Crippen LogP contribution in [0.25, 0.3) is 5.57 Å². The van der Waals surface area contributed by atoms with Crippen LogP contribution in [0.3, 0.4) is 0 Å². The maximum absolute atomic E-state index is 12.3. The van der Waals surface area contributed by atoms with Gasteiger partial charge in [-0.15, -0.1) is 0 Å². The predicted molar refractivity (Wildman–Crippen MR) is 80.5 cm³/mol. The van der Waals surface area contributed by atoms with E-state index in [0.717, 1.165) is 16.7 Å². The molecule has 2 aromatic carbocycles. The Kier molecular flexibility index (Phi) is 4.18. The summed E-state index contributed by atoms with van der Waals surface area (Å²) < 4.78 is 0. The maximum atomic E-state index is 12.3. The first-order valence-electron chi connectivity index (χ1n) is 6.13. The van der Waals surface area contributed by atoms with E-state index in [4.69, 9.17) is 11.6 Å². The number of carbonyl (C=O) groups is 1. The van der Waals surface area contributed by atoms with Gasteiger partial charge in [-0.3, -0.25) is 4.79 Å². The minimum atomic E-state index is 0.0630. The Bertz CT molecular complexity index is 609. The van der Waals surface area contributed by atoms with Gasteiger partial charge in [-0.2, -0.15) is 0 Å². The van der Waals surface area contributed by atoms with Crippen molar-refractivity contribution in [3.63, 3.8) is 0 Å². The fourth-order valence-electron chi connectivity index (χ4n) is 1.89. The third-order valence-electron chi connectivity index (χ3n) is 3.22. The van der Waals surface area contributed by atoms with E-state index in [-0.39, 0.29) is 5.78 Å². The van der Waals surface area contributed by atoms with Gasteiger partial charge >= 0.3 is 0 Å². The quantitative estimate of drug-likeness (QED) is 0.566. The lowest BCUT2D eigenvalue weighted by Gasteiger charge is -2.08. The van der Waals surface area contributed by atoms with Crippen molar-refractivity contribution >= 4 is 23.0 Å². The van der Waals surface area contributed by atoms with Gasteiger partial charge in [-0.25, -0.2) is 0 Å². The van der Waals surface area contributed by atoms with Crippen molar-refractivity contribution in [2.45, 2.75) is 13.8 Å². The zero-order valence-corrected chi connectivity index (χ0v) is 11.7. The molecular formula is C17H15ClO. The second-order valence-electron chi connectivity index (χ2n) is 4.45. The van der Waals surface area contributed by atoms with Gasteiger partial charge in [-0.05, 0) is 37.1 Å². The summed E-state index contributed by atoms with van der Waals surface area (Å²) in [5, 5.41) is 0.698. The van der Waals surface area contributed by atoms with Crippen LogP contribution in [0.5, 0.6) is 0 Å². The van der Waals surface area contributed by atoms with Gasteiger partial charge in [0, 0.05) is 16.2 Å². The normalized spacial score (nSPS) is 11.9. The Morgan fingerprint density at radius 2 is 1.42 bits per heavy atom. The standard InChI is InChI=1S/C17H15ClO/c1-12(14-8-10-16(18)11-9-14)13(2)17(19)15-6-4-3-5-7-15/h3-11H,1-2H3/b13-12+. The SMILES string of the molecule is C/C(C(=O)c1ccccc1)=C(/C)c1ccc(Cl)cc1. The molecule has 0 saturated heterocycles. The van der Waals surface area contributed by atoms with Crippen molar-refractivity contribution in [3.05, 3.63) is 76.3 Å². The highest BCUT2D eigenvalue weighted by Gasteiger charge is 2.11. The highest BCUT2D eigenvalue weighted by atomic mass is 35.5. The highest BCUT2D eigenvalue weighted by molar-refractivity contribution is 6.30. The first kappa shape index (κ1) is 13.6. The molecule has 0 amide bonds. The smallest absolute Gasteiger partial charge is 0.189 e. The largest absolute Gasteiger partial charge is 0.289 e. The molecule has 0 radical (unpaired) electrons. The van der Waals surface area contributed by atoms with Crippen LogP contribution in [0.4, 0.5) is 0 Å². The molecular weight excluding hydrogens is 256 g/mol. The molecule has 0 unspecified atom stereocenters. The lowest BCUT2D eigenvalue weighted by molar-refractivity contribution is 0.103. The molecule has 19 heavy (non-hydrogen) atoms. The Labute approximate surface area is 118 Å². The summed E-state index contributed by atoms with van der Waals surface area (Å²) in [6.07, 6.45) is 0. The fourth-order valence-corrected chi connectivity index (χ4v) is 2.02. The van der Waals surface area contributed by atoms with Gasteiger partial charge < -0.3 is 0 Å². The molecule has 0 spiro atoms. The van der Waals surface area contributed by atoms with E-state index in [1.54, 1.807) is 0 Å². The van der Waals surface area contributed by atoms with Crippen LogP contribution in [0.1, 0.15) is 29.8 Å². The lowest BCUT2D eigenvalue weighted by atomic mass is 9.96. The number of hydrogen-bond donors (Lipinski definition) is 0. The van der Waals surface area contributed by atoms with E-state index in [1.165, 1.54) is 0 Å². The van der Waals surface area contributed by atoms with Crippen LogP contribution < -0.4 is 0 Å². The second kappa shape index (κ2) is 5.85. The molecule has 0 aliphatic rings. The molecule has 0 heterocycles. The molecule has 2 aromatic rings. The van der Waals surface area contributed by atoms with E-state index in [9.17, 15) is 4.79 Å². The topological polar surface area (TPSA) is 17.1 Å². The Morgan fingerprint density at radius 1 is 0.842 bits per heavy atom. The highest BCUT2D eigenvalue weighted by Crippen LogP contribution is 2.22. The summed E-state index contributed by atoms with van der Waals surface area (Å²) in [5.41, 5.74) is 3.47. The first-order chi connectivity index (χ1) is 9.09. The molecule has 0 fully saturated rings. The second-order valence-corrected chi connectivity index (χ2v) is 4.89. The number of allylic oxidation sites excluding steroid dienone is 2. The van der Waals surface area contributed by atoms with Crippen LogP contribution in [-0.4, -0.2) is 5.78 Å². The molecule has 96 valence electrons. The number of hydrogen-bond acceptors (Lipinski definition) is 1. The van der Waals surface area contributed by atoms with E-state index in [1.807, 2.05) is 68.4 Å². The van der Waals surface area contributed by atoms with Crippen molar-refractivity contribution in [1.29, 1.82) is 0 Å². The predicted octanol–water partition coefficient (Wildman–Crippen LogP) is 5.02. The molecule has 1 nitrogen and oxygen atoms in total. The number of benzene rings is 2. The van der Waals surface area contributed by atoms with Crippen LogP contribution in [0, 0.1) is 0 Å². The molecule has 0 aliphatic carbocycles. The summed E-state index contributed by atoms with van der Waals surface area (Å²) in [6.45, 7) is 3.82. The molecule has 0 atom stereocenters. The van der Waals surface area contributed by atoms with Crippen LogP contribution in [0.15, 0.2) is 60.2 Å². The number of rotatable bonds is 3. The van der Waals surface area contributed by atoms with Gasteiger partial charge in [0.15, 0.2) is 5.78 Å². The van der Waals surface area contributed by atoms with E-state index < -0.39 is 0 Å². The first-order valence-corrected chi connectivity index (χ1v) is 6.50. The Hall–Kier alpha value is -1.86. The molecule has 0 bridgehead atoms. The van der Waals surface area contributed by atoms with Crippen molar-refractivity contribution in [2.24, 2.45) is 0 Å². The number of halogens is 1. The lowest BCUT2D eigenvalue weighted by Crippen LogP contribution is -2.02. The molecule has 2 rings (SSSR count). The number of carbonyl (C=O) groups excluding carboxylic acids is 1. The van der Waals surface area contributed by atoms with E-state index in [0.29, 0.717) is 10.6 Å². The maximum Gasteiger partial charge on any atom is 0.189 e. The van der Waals surface area contributed by atoms with E-state index in [2.05, 4.69) is 0 Å². The average Bonchev–Trinajstić information content (AvgIpc) is 2.46. The van der Waals surface area contributed by atoms with Crippen LogP contribution in [0.2, 0.25) is 5.02 Å². The summed E-state index contributed by atoms with van der Waals surface area (Å²) in [4.78, 5) is 12.3. The van der Waals surface area contributed by atoms with Crippen molar-refractivity contribution < 1.29 is 4.79 Å². The van der Waals surface area contributed by atoms with Crippen molar-refractivity contribution in [1.82, 2.24) is 0 Å². The third kappa shape index (κ3) is 3.12. The van der Waals surface area contributed by atoms with Gasteiger partial charge in [0.25, 0.3) is 0 Å². The van der Waals surface area contributed by atoms with Crippen LogP contribution >= 0.6 is 11.6 Å². The minimum absolute atomic E-state index is 0.0630. The summed E-state index contributed by atoms with van der Waals surface area (Å²) in [5.74, 6) is 0.0630. The third-order valence-corrected chi connectivity index (χ3v) is 3.47. The van der Waals surface area contributed by atoms with Gasteiger partial charge in [0.1, 0.15) is 0 Å². The zero-order valence-electron chi connectivity index (χ0n) is 11.0. The molecule has 0 aromatic heterocycles. The Morgan fingerprint density at radius 3 is 2.00 bits per heavy atom. The molecule has 0 saturated carbocycles. The van der Waals surface area contributed by atoms with Crippen molar-refractivity contribution in [2.75, 3.05) is 0 Å². The van der Waals surface area contributed by atoms with Gasteiger partial charge in [-0.1, -0.05) is 54.1 Å². The van der Waals surface area contributed by atoms with E-state index >= 15 is 0 Å². The zero-order chi connectivity index (χ0) is 13.8.